The maximum absolute atomic E-state index is 3.22. The van der Waals surface area contributed by atoms with E-state index >= 15 is 0 Å². The quantitative estimate of drug-likeness (QED) is 0.308. The Labute approximate surface area is 184 Å². The van der Waals surface area contributed by atoms with Crippen LogP contribution in [0.1, 0.15) is 27.7 Å². The van der Waals surface area contributed by atoms with Gasteiger partial charge in [0, 0.05) is 0 Å². The number of allylic oxidation sites excluding steroid dienone is 4. The van der Waals surface area contributed by atoms with Crippen LogP contribution in [-0.2, 0) is 24.2 Å². The molecule has 3 aromatic carbocycles. The average Bonchev–Trinajstić information content (AvgIpc) is 3.10. The Balaban J connectivity index is 0.000000415. The monoisotopic (exact) mass is 462 g/mol. The number of fused-ring (bicyclic) bond motifs is 3. The molecule has 136 valence electrons. The van der Waals surface area contributed by atoms with E-state index in [9.17, 15) is 0 Å². The van der Waals surface area contributed by atoms with Crippen molar-refractivity contribution in [3.8, 4) is 0 Å². The van der Waals surface area contributed by atoms with Gasteiger partial charge in [-0.1, -0.05) is 56.2 Å². The molecule has 0 spiro atoms. The predicted octanol–water partition coefficient (Wildman–Crippen LogP) is 7.24. The molecular weight excluding hydrogens is 438 g/mol. The van der Waals surface area contributed by atoms with Crippen LogP contribution in [0.2, 0.25) is 0 Å². The zero-order valence-electron chi connectivity index (χ0n) is 15.7. The first-order valence-electron chi connectivity index (χ1n) is 8.30. The fraction of sp³-hybridized carbons (Fsp3) is 0.217. The molecule has 0 radical (unpaired) electrons. The summed E-state index contributed by atoms with van der Waals surface area (Å²) in [6, 6.07) is 19.3. The first-order valence-corrected chi connectivity index (χ1v) is 9.53. The van der Waals surface area contributed by atoms with Crippen molar-refractivity contribution in [3.63, 3.8) is 0 Å². The minimum atomic E-state index is 0. The molecule has 0 fully saturated rings. The van der Waals surface area contributed by atoms with Gasteiger partial charge in [0.05, 0.1) is 0 Å². The van der Waals surface area contributed by atoms with E-state index in [0.29, 0.717) is 5.92 Å². The van der Waals surface area contributed by atoms with Crippen molar-refractivity contribution in [1.82, 2.24) is 0 Å². The molecule has 0 nitrogen and oxygen atoms in total. The molecule has 3 aromatic rings. The number of hydrogen-bond acceptors (Lipinski definition) is 0. The van der Waals surface area contributed by atoms with Crippen molar-refractivity contribution in [1.29, 1.82) is 0 Å². The van der Waals surface area contributed by atoms with Gasteiger partial charge in [-0.15, -0.1) is 64.6 Å². The first kappa shape index (κ1) is 25.1. The standard InChI is InChI=1S/C13H9.C7H9.C3H6.2ClH.Zr/c1-3-7-12-10(5-1)9-11-6-2-4-8-13(11)12;1-6-3-4-7(2)5-6;1-3-2;;;/h1-9H;3-4,6H,1-2H3;1-2H3;2*1H;/q2*-1;;;;+2. The third kappa shape index (κ3) is 7.79. The summed E-state index contributed by atoms with van der Waals surface area (Å²) < 4.78 is 1.51. The summed E-state index contributed by atoms with van der Waals surface area (Å²) in [6.07, 6.45) is 7.47. The number of halogens is 2. The summed E-state index contributed by atoms with van der Waals surface area (Å²) in [5.74, 6) is 0.556. The van der Waals surface area contributed by atoms with Gasteiger partial charge in [0.15, 0.2) is 0 Å². The Morgan fingerprint density at radius 1 is 0.923 bits per heavy atom. The van der Waals surface area contributed by atoms with Crippen LogP contribution >= 0.6 is 24.8 Å². The normalized spacial score (nSPS) is 14.2. The predicted molar refractivity (Wildman–Crippen MR) is 119 cm³/mol. The molecule has 0 aliphatic heterocycles. The molecule has 1 unspecified atom stereocenters. The van der Waals surface area contributed by atoms with Crippen molar-refractivity contribution < 1.29 is 24.2 Å². The zero-order valence-corrected chi connectivity index (χ0v) is 19.8. The van der Waals surface area contributed by atoms with Gasteiger partial charge >= 0.3 is 41.3 Å². The molecule has 0 aromatic heterocycles. The molecule has 0 saturated heterocycles. The fourth-order valence-corrected chi connectivity index (χ4v) is 2.65. The van der Waals surface area contributed by atoms with Gasteiger partial charge < -0.3 is 0 Å². The van der Waals surface area contributed by atoms with Crippen molar-refractivity contribution in [3.05, 3.63) is 78.4 Å². The molecule has 4 rings (SSSR count). The van der Waals surface area contributed by atoms with Crippen molar-refractivity contribution in [2.45, 2.75) is 27.7 Å². The van der Waals surface area contributed by atoms with E-state index in [-0.39, 0.29) is 24.8 Å². The molecule has 0 bridgehead atoms. The maximum atomic E-state index is 3.22. The SMILES string of the molecule is CC1=[C-]C(C)C=C1.C[C](C)=[Zr+2].Cl.Cl.c1ccc2c(c1)[cH-]c1ccccc12. The van der Waals surface area contributed by atoms with E-state index in [2.05, 4.69) is 101 Å². The molecule has 0 N–H and O–H groups in total. The summed E-state index contributed by atoms with van der Waals surface area (Å²) in [7, 11) is 0. The van der Waals surface area contributed by atoms with Crippen LogP contribution in [0.3, 0.4) is 0 Å². The van der Waals surface area contributed by atoms with Gasteiger partial charge in [0.2, 0.25) is 0 Å². The number of benzene rings is 2. The van der Waals surface area contributed by atoms with E-state index in [4.69, 9.17) is 0 Å². The van der Waals surface area contributed by atoms with Crippen molar-refractivity contribution in [2.24, 2.45) is 5.92 Å². The summed E-state index contributed by atoms with van der Waals surface area (Å²) in [5, 5.41) is 5.39. The molecule has 0 saturated carbocycles. The third-order valence-corrected chi connectivity index (χ3v) is 3.61. The molecule has 1 atom stereocenters. The van der Waals surface area contributed by atoms with Crippen LogP contribution in [0.4, 0.5) is 0 Å². The Morgan fingerprint density at radius 3 is 1.65 bits per heavy atom. The second-order valence-electron chi connectivity index (χ2n) is 6.29. The smallest absolute Gasteiger partial charge is 0.0771 e. The third-order valence-electron chi connectivity index (χ3n) is 3.61. The number of rotatable bonds is 0. The van der Waals surface area contributed by atoms with Crippen LogP contribution in [-0.4, -0.2) is 3.21 Å². The van der Waals surface area contributed by atoms with E-state index in [1.165, 1.54) is 30.3 Å². The van der Waals surface area contributed by atoms with E-state index in [1.807, 2.05) is 0 Å². The largest absolute Gasteiger partial charge is 0.147 e. The van der Waals surface area contributed by atoms with Gasteiger partial charge in [-0.2, -0.15) is 6.08 Å². The summed E-state index contributed by atoms with van der Waals surface area (Å²) in [5.41, 5.74) is 1.27. The van der Waals surface area contributed by atoms with Crippen LogP contribution < -0.4 is 0 Å². The molecule has 26 heavy (non-hydrogen) atoms. The van der Waals surface area contributed by atoms with Crippen molar-refractivity contribution in [2.75, 3.05) is 0 Å². The van der Waals surface area contributed by atoms with Crippen LogP contribution in [0, 0.1) is 12.0 Å². The molecule has 3 heteroatoms. The van der Waals surface area contributed by atoms with E-state index in [1.54, 1.807) is 24.2 Å². The maximum Gasteiger partial charge on any atom is -0.0771 e. The molecule has 1 aliphatic rings. The van der Waals surface area contributed by atoms with E-state index < -0.39 is 0 Å². The Bertz CT molecular complexity index is 833. The first-order chi connectivity index (χ1) is 11.5. The van der Waals surface area contributed by atoms with Gasteiger partial charge in [0.25, 0.3) is 0 Å². The van der Waals surface area contributed by atoms with Crippen LogP contribution in [0.15, 0.2) is 72.3 Å². The van der Waals surface area contributed by atoms with Gasteiger partial charge in [-0.25, -0.2) is 11.6 Å². The van der Waals surface area contributed by atoms with Gasteiger partial charge in [-0.3, -0.25) is 6.08 Å². The molecule has 0 heterocycles. The summed E-state index contributed by atoms with van der Waals surface area (Å²) in [6.45, 7) is 8.45. The zero-order chi connectivity index (χ0) is 17.5. The average molecular weight is 465 g/mol. The van der Waals surface area contributed by atoms with Crippen molar-refractivity contribution >= 4 is 49.6 Å². The Kier molecular flexibility index (Phi) is 12.1. The minimum Gasteiger partial charge on any atom is -0.147 e. The van der Waals surface area contributed by atoms with Crippen LogP contribution in [0.5, 0.6) is 0 Å². The summed E-state index contributed by atoms with van der Waals surface area (Å²) in [4.78, 5) is 0. The second kappa shape index (κ2) is 12.5. The second-order valence-corrected chi connectivity index (χ2v) is 8.75. The topological polar surface area (TPSA) is 0 Å². The van der Waals surface area contributed by atoms with E-state index in [0.717, 1.165) is 0 Å². The summed E-state index contributed by atoms with van der Waals surface area (Å²) >= 11 is 1.55. The van der Waals surface area contributed by atoms with Crippen LogP contribution in [0.25, 0.3) is 21.5 Å². The molecule has 1 aliphatic carbocycles. The Hall–Kier alpha value is -0.877. The molecule has 0 amide bonds. The molecular formula is C23H26Cl2Zr. The fourth-order valence-electron chi connectivity index (χ4n) is 2.65. The number of hydrogen-bond donors (Lipinski definition) is 0. The van der Waals surface area contributed by atoms with Gasteiger partial charge in [0.1, 0.15) is 0 Å². The van der Waals surface area contributed by atoms with Gasteiger partial charge in [-0.05, 0) is 0 Å². The Morgan fingerprint density at radius 2 is 1.35 bits per heavy atom. The minimum absolute atomic E-state index is 0.